The first-order valence-corrected chi connectivity index (χ1v) is 7.96. The fourth-order valence-corrected chi connectivity index (χ4v) is 2.67. The van der Waals surface area contributed by atoms with E-state index in [-0.39, 0.29) is 11.9 Å². The van der Waals surface area contributed by atoms with Gasteiger partial charge >= 0.3 is 0 Å². The minimum absolute atomic E-state index is 0.0346. The second-order valence-corrected chi connectivity index (χ2v) is 6.02. The van der Waals surface area contributed by atoms with Crippen molar-refractivity contribution in [2.45, 2.75) is 18.9 Å². The number of hydrogen-bond acceptors (Lipinski definition) is 4. The van der Waals surface area contributed by atoms with Crippen LogP contribution in [0, 0.1) is 11.3 Å². The van der Waals surface area contributed by atoms with Crippen LogP contribution >= 0.6 is 0 Å². The molecule has 1 unspecified atom stereocenters. The lowest BCUT2D eigenvalue weighted by molar-refractivity contribution is -0.127. The summed E-state index contributed by atoms with van der Waals surface area (Å²) in [7, 11) is 3.76. The first-order chi connectivity index (χ1) is 11.5. The van der Waals surface area contributed by atoms with E-state index in [2.05, 4.69) is 23.0 Å². The summed E-state index contributed by atoms with van der Waals surface area (Å²) in [6.07, 6.45) is 4.97. The monoisotopic (exact) mass is 325 g/mol. The third-order valence-electron chi connectivity index (χ3n) is 3.82. The minimum atomic E-state index is -0.0346. The number of anilines is 1. The average molecular weight is 325 g/mol. The van der Waals surface area contributed by atoms with Crippen LogP contribution in [0.2, 0.25) is 0 Å². The molecular weight excluding hydrogens is 302 g/mol. The Morgan fingerprint density at radius 2 is 2.33 bits per heavy atom. The molecule has 24 heavy (non-hydrogen) atoms. The molecular formula is C18H23N5O. The largest absolute Gasteiger partial charge is 0.380 e. The summed E-state index contributed by atoms with van der Waals surface area (Å²) >= 11 is 0. The molecule has 1 heterocycles. The molecule has 1 aliphatic rings. The number of amides is 1. The molecule has 0 saturated carbocycles. The topological polar surface area (TPSA) is 71.7 Å². The van der Waals surface area contributed by atoms with Gasteiger partial charge in [0.25, 0.3) is 0 Å². The number of nitrogens with zero attached hydrogens (tertiary/aromatic N) is 4. The fourth-order valence-electron chi connectivity index (χ4n) is 2.67. The van der Waals surface area contributed by atoms with Crippen LogP contribution in [0.4, 0.5) is 11.4 Å². The molecule has 0 aromatic heterocycles. The number of carbonyl (C=O) groups is 1. The SMILES string of the molecule is C=CC(=O)N1CCCC(Nc2ccc(/N=C/N(C)C)c(C#N)c2)C1. The van der Waals surface area contributed by atoms with Crippen LogP contribution < -0.4 is 5.32 Å². The molecule has 0 radical (unpaired) electrons. The van der Waals surface area contributed by atoms with Gasteiger partial charge in [-0.2, -0.15) is 5.26 Å². The maximum absolute atomic E-state index is 11.8. The minimum Gasteiger partial charge on any atom is -0.380 e. The van der Waals surface area contributed by atoms with E-state index in [1.807, 2.05) is 31.1 Å². The molecule has 2 rings (SSSR count). The number of likely N-dealkylation sites (tertiary alicyclic amines) is 1. The lowest BCUT2D eigenvalue weighted by Crippen LogP contribution is -2.44. The van der Waals surface area contributed by atoms with Crippen LogP contribution in [-0.2, 0) is 4.79 Å². The van der Waals surface area contributed by atoms with Crippen molar-refractivity contribution < 1.29 is 4.79 Å². The summed E-state index contributed by atoms with van der Waals surface area (Å²) in [6, 6.07) is 7.90. The fraction of sp³-hybridized carbons (Fsp3) is 0.389. The van der Waals surface area contributed by atoms with Crippen molar-refractivity contribution in [1.82, 2.24) is 9.80 Å². The molecule has 1 aliphatic heterocycles. The molecule has 1 aromatic rings. The van der Waals surface area contributed by atoms with Crippen LogP contribution in [0.15, 0.2) is 35.8 Å². The second-order valence-electron chi connectivity index (χ2n) is 6.02. The number of rotatable bonds is 5. The van der Waals surface area contributed by atoms with Crippen molar-refractivity contribution in [1.29, 1.82) is 5.26 Å². The van der Waals surface area contributed by atoms with E-state index in [1.54, 1.807) is 17.3 Å². The van der Waals surface area contributed by atoms with E-state index in [4.69, 9.17) is 0 Å². The van der Waals surface area contributed by atoms with Gasteiger partial charge in [0.1, 0.15) is 6.07 Å². The highest BCUT2D eigenvalue weighted by Crippen LogP contribution is 2.24. The molecule has 0 spiro atoms. The van der Waals surface area contributed by atoms with E-state index >= 15 is 0 Å². The quantitative estimate of drug-likeness (QED) is 0.512. The number of aliphatic imine (C=N–C) groups is 1. The normalized spacial score (nSPS) is 17.4. The van der Waals surface area contributed by atoms with Crippen LogP contribution in [0.25, 0.3) is 0 Å². The van der Waals surface area contributed by atoms with E-state index < -0.39 is 0 Å². The molecule has 6 nitrogen and oxygen atoms in total. The third-order valence-corrected chi connectivity index (χ3v) is 3.82. The molecule has 1 N–H and O–H groups in total. The zero-order valence-corrected chi connectivity index (χ0v) is 14.2. The maximum Gasteiger partial charge on any atom is 0.246 e. The zero-order chi connectivity index (χ0) is 17.5. The Hall–Kier alpha value is -2.81. The van der Waals surface area contributed by atoms with Gasteiger partial charge < -0.3 is 15.1 Å². The van der Waals surface area contributed by atoms with Gasteiger partial charge in [0.15, 0.2) is 0 Å². The Labute approximate surface area is 143 Å². The Morgan fingerprint density at radius 3 is 3.00 bits per heavy atom. The van der Waals surface area contributed by atoms with E-state index in [0.29, 0.717) is 17.8 Å². The maximum atomic E-state index is 11.8. The number of nitriles is 1. The zero-order valence-electron chi connectivity index (χ0n) is 14.2. The van der Waals surface area contributed by atoms with Crippen LogP contribution in [0.3, 0.4) is 0 Å². The van der Waals surface area contributed by atoms with E-state index in [9.17, 15) is 10.1 Å². The van der Waals surface area contributed by atoms with Crippen LogP contribution in [-0.4, -0.2) is 55.3 Å². The van der Waals surface area contributed by atoms with Crippen molar-refractivity contribution in [3.63, 3.8) is 0 Å². The van der Waals surface area contributed by atoms with Gasteiger partial charge in [-0.1, -0.05) is 6.58 Å². The summed E-state index contributed by atoms with van der Waals surface area (Å²) in [4.78, 5) is 19.7. The molecule has 1 aromatic carbocycles. The molecule has 0 bridgehead atoms. The Morgan fingerprint density at radius 1 is 1.54 bits per heavy atom. The van der Waals surface area contributed by atoms with Crippen molar-refractivity contribution >= 4 is 23.6 Å². The summed E-state index contributed by atoms with van der Waals surface area (Å²) in [5, 5.41) is 12.7. The van der Waals surface area contributed by atoms with Gasteiger partial charge in [0, 0.05) is 38.9 Å². The first-order valence-electron chi connectivity index (χ1n) is 7.96. The molecule has 1 amide bonds. The molecule has 1 fully saturated rings. The molecule has 1 atom stereocenters. The smallest absolute Gasteiger partial charge is 0.246 e. The number of benzene rings is 1. The van der Waals surface area contributed by atoms with Crippen LogP contribution in [0.5, 0.6) is 0 Å². The highest BCUT2D eigenvalue weighted by atomic mass is 16.2. The van der Waals surface area contributed by atoms with Gasteiger partial charge in [-0.15, -0.1) is 0 Å². The van der Waals surface area contributed by atoms with Gasteiger partial charge in [-0.25, -0.2) is 4.99 Å². The summed E-state index contributed by atoms with van der Waals surface area (Å²) < 4.78 is 0. The molecule has 1 saturated heterocycles. The summed E-state index contributed by atoms with van der Waals surface area (Å²) in [6.45, 7) is 4.96. The van der Waals surface area contributed by atoms with E-state index in [0.717, 1.165) is 25.1 Å². The van der Waals surface area contributed by atoms with Crippen molar-refractivity contribution in [3.05, 3.63) is 36.4 Å². The number of nitrogens with one attached hydrogen (secondary N) is 1. The first kappa shape index (κ1) is 17.5. The second kappa shape index (κ2) is 8.16. The number of piperidine rings is 1. The average Bonchev–Trinajstić information content (AvgIpc) is 2.59. The van der Waals surface area contributed by atoms with E-state index in [1.165, 1.54) is 6.08 Å². The van der Waals surface area contributed by atoms with Crippen molar-refractivity contribution in [3.8, 4) is 6.07 Å². The number of carbonyl (C=O) groups excluding carboxylic acids is 1. The summed E-state index contributed by atoms with van der Waals surface area (Å²) in [5.41, 5.74) is 2.03. The van der Waals surface area contributed by atoms with Crippen LogP contribution in [0.1, 0.15) is 18.4 Å². The lowest BCUT2D eigenvalue weighted by atomic mass is 10.0. The predicted octanol–water partition coefficient (Wildman–Crippen LogP) is 2.37. The molecule has 0 aliphatic carbocycles. The molecule has 6 heteroatoms. The van der Waals surface area contributed by atoms with Gasteiger partial charge in [-0.3, -0.25) is 4.79 Å². The van der Waals surface area contributed by atoms with Crippen molar-refractivity contribution in [2.24, 2.45) is 4.99 Å². The highest BCUT2D eigenvalue weighted by Gasteiger charge is 2.22. The van der Waals surface area contributed by atoms with Gasteiger partial charge in [-0.05, 0) is 37.1 Å². The van der Waals surface area contributed by atoms with Gasteiger partial charge in [0.05, 0.1) is 17.6 Å². The lowest BCUT2D eigenvalue weighted by Gasteiger charge is -2.33. The Kier molecular flexibility index (Phi) is 5.96. The third kappa shape index (κ3) is 4.59. The Bertz CT molecular complexity index is 674. The standard InChI is InChI=1S/C18H23N5O/c1-4-18(24)23-9-5-6-16(12-23)21-15-7-8-17(14(10-15)11-19)20-13-22(2)3/h4,7-8,10,13,16,21H,1,5-6,9,12H2,2-3H3/b20-13+. The Balaban J connectivity index is 2.08. The predicted molar refractivity (Wildman–Crippen MR) is 96.4 cm³/mol. The van der Waals surface area contributed by atoms with Gasteiger partial charge in [0.2, 0.25) is 5.91 Å². The highest BCUT2D eigenvalue weighted by molar-refractivity contribution is 5.87. The van der Waals surface area contributed by atoms with Crippen molar-refractivity contribution in [2.75, 3.05) is 32.5 Å². The number of hydrogen-bond donors (Lipinski definition) is 1. The summed E-state index contributed by atoms with van der Waals surface area (Å²) in [5.74, 6) is -0.0346. The molecule has 126 valence electrons.